The van der Waals surface area contributed by atoms with Gasteiger partial charge in [-0.25, -0.2) is 0 Å². The van der Waals surface area contributed by atoms with Crippen molar-refractivity contribution in [3.8, 4) is 0 Å². The molecule has 0 unspecified atom stereocenters. The number of aliphatic hydroxyl groups is 1. The monoisotopic (exact) mass is 261 g/mol. The van der Waals surface area contributed by atoms with Gasteiger partial charge in [-0.05, 0) is 18.1 Å². The number of nitro benzene ring substituents is 1. The standard InChI is InChI=1S/C11H10F3NO3/c12-11(13,14)10-5-4-9(15(17)18)7-8(10)3-1-2-6-16/h1,3-5,7,16H,2,6H2. The zero-order chi connectivity index (χ0) is 13.8. The van der Waals surface area contributed by atoms with E-state index in [2.05, 4.69) is 0 Å². The van der Waals surface area contributed by atoms with E-state index < -0.39 is 22.4 Å². The molecule has 1 aromatic rings. The SMILES string of the molecule is O=[N+]([O-])c1ccc(C(F)(F)F)c(C=CCCO)c1. The highest BCUT2D eigenvalue weighted by atomic mass is 19.4. The number of non-ortho nitro benzene ring substituents is 1. The van der Waals surface area contributed by atoms with Crippen LogP contribution in [0.5, 0.6) is 0 Å². The van der Waals surface area contributed by atoms with E-state index >= 15 is 0 Å². The molecule has 7 heteroatoms. The van der Waals surface area contributed by atoms with Gasteiger partial charge in [0.25, 0.3) is 5.69 Å². The Kier molecular flexibility index (Phi) is 4.43. The highest BCUT2D eigenvalue weighted by molar-refractivity contribution is 5.58. The van der Waals surface area contributed by atoms with E-state index in [1.54, 1.807) is 0 Å². The number of nitro groups is 1. The zero-order valence-corrected chi connectivity index (χ0v) is 9.15. The molecule has 1 N–H and O–H groups in total. The molecule has 4 nitrogen and oxygen atoms in total. The van der Waals surface area contributed by atoms with Gasteiger partial charge in [0.1, 0.15) is 0 Å². The van der Waals surface area contributed by atoms with Crippen LogP contribution in [0.3, 0.4) is 0 Å². The molecule has 1 aromatic carbocycles. The van der Waals surface area contributed by atoms with Crippen LogP contribution in [0.4, 0.5) is 18.9 Å². The largest absolute Gasteiger partial charge is 0.416 e. The lowest BCUT2D eigenvalue weighted by atomic mass is 10.1. The van der Waals surface area contributed by atoms with Gasteiger partial charge in [-0.2, -0.15) is 13.2 Å². The van der Waals surface area contributed by atoms with Crippen LogP contribution >= 0.6 is 0 Å². The summed E-state index contributed by atoms with van der Waals surface area (Å²) in [5.41, 5.74) is -1.64. The Bertz CT molecular complexity index is 469. The molecule has 0 spiro atoms. The molecule has 0 radical (unpaired) electrons. The van der Waals surface area contributed by atoms with E-state index in [0.29, 0.717) is 6.07 Å². The Morgan fingerprint density at radius 3 is 2.56 bits per heavy atom. The van der Waals surface area contributed by atoms with Crippen molar-refractivity contribution in [2.24, 2.45) is 0 Å². The topological polar surface area (TPSA) is 63.4 Å². The summed E-state index contributed by atoms with van der Waals surface area (Å²) >= 11 is 0. The molecule has 0 aromatic heterocycles. The summed E-state index contributed by atoms with van der Waals surface area (Å²) in [7, 11) is 0. The van der Waals surface area contributed by atoms with E-state index in [1.807, 2.05) is 0 Å². The molecular formula is C11H10F3NO3. The second kappa shape index (κ2) is 5.63. The van der Waals surface area contributed by atoms with Crippen LogP contribution in [0.15, 0.2) is 24.3 Å². The lowest BCUT2D eigenvalue weighted by Crippen LogP contribution is -2.07. The molecule has 0 bridgehead atoms. The molecule has 0 aliphatic heterocycles. The Labute approximate surface area is 101 Å². The smallest absolute Gasteiger partial charge is 0.396 e. The van der Waals surface area contributed by atoms with E-state index in [0.717, 1.165) is 18.2 Å². The first-order chi connectivity index (χ1) is 8.36. The van der Waals surface area contributed by atoms with Gasteiger partial charge in [-0.15, -0.1) is 0 Å². The van der Waals surface area contributed by atoms with Crippen LogP contribution in [0.25, 0.3) is 6.08 Å². The van der Waals surface area contributed by atoms with Crippen LogP contribution in [0, 0.1) is 10.1 Å². The van der Waals surface area contributed by atoms with Crippen LogP contribution < -0.4 is 0 Å². The number of rotatable bonds is 4. The fraction of sp³-hybridized carbons (Fsp3) is 0.273. The Morgan fingerprint density at radius 2 is 2.06 bits per heavy atom. The molecule has 0 amide bonds. The van der Waals surface area contributed by atoms with Gasteiger partial charge in [0.05, 0.1) is 10.5 Å². The minimum atomic E-state index is -4.58. The number of benzene rings is 1. The number of halogens is 3. The molecule has 0 heterocycles. The van der Waals surface area contributed by atoms with E-state index in [-0.39, 0.29) is 18.6 Å². The summed E-state index contributed by atoms with van der Waals surface area (Å²) in [6.45, 7) is -0.202. The molecule has 0 aliphatic carbocycles. The average molecular weight is 261 g/mol. The van der Waals surface area contributed by atoms with Crippen LogP contribution in [-0.4, -0.2) is 16.6 Å². The Morgan fingerprint density at radius 1 is 1.39 bits per heavy atom. The molecule has 98 valence electrons. The molecule has 0 saturated carbocycles. The highest BCUT2D eigenvalue weighted by Crippen LogP contribution is 2.34. The first-order valence-corrected chi connectivity index (χ1v) is 4.99. The fourth-order valence-corrected chi connectivity index (χ4v) is 1.34. The third kappa shape index (κ3) is 3.56. The van der Waals surface area contributed by atoms with Gasteiger partial charge in [0.2, 0.25) is 0 Å². The maximum atomic E-state index is 12.6. The number of aliphatic hydroxyl groups excluding tert-OH is 1. The Balaban J connectivity index is 3.22. The number of nitrogens with zero attached hydrogens (tertiary/aromatic N) is 1. The van der Waals surface area contributed by atoms with Gasteiger partial charge in [-0.3, -0.25) is 10.1 Å². The summed E-state index contributed by atoms with van der Waals surface area (Å²) in [6.07, 6.45) is -1.95. The minimum Gasteiger partial charge on any atom is -0.396 e. The van der Waals surface area contributed by atoms with E-state index in [9.17, 15) is 23.3 Å². The van der Waals surface area contributed by atoms with Crippen molar-refractivity contribution in [1.82, 2.24) is 0 Å². The third-order valence-electron chi connectivity index (χ3n) is 2.14. The highest BCUT2D eigenvalue weighted by Gasteiger charge is 2.33. The van der Waals surface area contributed by atoms with Crippen molar-refractivity contribution >= 4 is 11.8 Å². The molecule has 1 rings (SSSR count). The predicted octanol–water partition coefficient (Wildman–Crippen LogP) is 3.01. The van der Waals surface area contributed by atoms with Crippen LogP contribution in [-0.2, 0) is 6.18 Å². The number of alkyl halides is 3. The number of hydrogen-bond acceptors (Lipinski definition) is 3. The molecule has 0 atom stereocenters. The van der Waals surface area contributed by atoms with Gasteiger partial charge in [-0.1, -0.05) is 12.2 Å². The minimum absolute atomic E-state index is 0.181. The van der Waals surface area contributed by atoms with Crippen molar-refractivity contribution < 1.29 is 23.2 Å². The van der Waals surface area contributed by atoms with Crippen molar-refractivity contribution in [2.75, 3.05) is 6.61 Å². The van der Waals surface area contributed by atoms with E-state index in [1.165, 1.54) is 6.08 Å². The van der Waals surface area contributed by atoms with Gasteiger partial charge >= 0.3 is 6.18 Å². The summed E-state index contributed by atoms with van der Waals surface area (Å²) in [5.74, 6) is 0. The molecule has 0 aliphatic rings. The van der Waals surface area contributed by atoms with Crippen molar-refractivity contribution in [1.29, 1.82) is 0 Å². The Hall–Kier alpha value is -1.89. The van der Waals surface area contributed by atoms with E-state index in [4.69, 9.17) is 5.11 Å². The lowest BCUT2D eigenvalue weighted by molar-refractivity contribution is -0.384. The van der Waals surface area contributed by atoms with Crippen LogP contribution in [0.1, 0.15) is 17.5 Å². The third-order valence-corrected chi connectivity index (χ3v) is 2.14. The van der Waals surface area contributed by atoms with Crippen molar-refractivity contribution in [2.45, 2.75) is 12.6 Å². The summed E-state index contributed by atoms with van der Waals surface area (Å²) < 4.78 is 37.9. The van der Waals surface area contributed by atoms with Crippen molar-refractivity contribution in [3.05, 3.63) is 45.5 Å². The second-order valence-corrected chi connectivity index (χ2v) is 3.44. The van der Waals surface area contributed by atoms with Gasteiger partial charge < -0.3 is 5.11 Å². The summed E-state index contributed by atoms with van der Waals surface area (Å²) in [4.78, 5) is 9.74. The summed E-state index contributed by atoms with van der Waals surface area (Å²) in [5, 5.41) is 19.0. The maximum Gasteiger partial charge on any atom is 0.416 e. The first kappa shape index (κ1) is 14.2. The second-order valence-electron chi connectivity index (χ2n) is 3.44. The zero-order valence-electron chi connectivity index (χ0n) is 9.15. The quantitative estimate of drug-likeness (QED) is 0.669. The normalized spacial score (nSPS) is 12.0. The molecule has 0 saturated heterocycles. The molecular weight excluding hydrogens is 251 g/mol. The number of hydrogen-bond donors (Lipinski definition) is 1. The fourth-order valence-electron chi connectivity index (χ4n) is 1.34. The predicted molar refractivity (Wildman–Crippen MR) is 58.8 cm³/mol. The molecule has 18 heavy (non-hydrogen) atoms. The van der Waals surface area contributed by atoms with Crippen molar-refractivity contribution in [3.63, 3.8) is 0 Å². The van der Waals surface area contributed by atoms with Gasteiger partial charge in [0.15, 0.2) is 0 Å². The lowest BCUT2D eigenvalue weighted by Gasteiger charge is -2.09. The van der Waals surface area contributed by atoms with Crippen LogP contribution in [0.2, 0.25) is 0 Å². The summed E-state index contributed by atoms with van der Waals surface area (Å²) in [6, 6.07) is 2.35. The average Bonchev–Trinajstić information content (AvgIpc) is 2.27. The maximum absolute atomic E-state index is 12.6. The molecule has 0 fully saturated rings. The van der Waals surface area contributed by atoms with Gasteiger partial charge in [0, 0.05) is 18.7 Å². The first-order valence-electron chi connectivity index (χ1n) is 4.99.